The lowest BCUT2D eigenvalue weighted by atomic mass is 10.1. The quantitative estimate of drug-likeness (QED) is 0.461. The first kappa shape index (κ1) is 22.6. The van der Waals surface area contributed by atoms with Crippen molar-refractivity contribution >= 4 is 34.9 Å². The number of rotatable bonds is 9. The number of carbonyl (C=O) groups excluding carboxylic acids is 3. The molecule has 8 heteroatoms. The standard InChI is InChI=1S/C23H23FN2O4S/c1-2-3-12-25-21(27)14-26-22(28)20(31-23(26)29)13-16-8-5-7-11-19(16)30-15-17-9-4-6-10-18(17)24/h4-11,13H,2-3,12,14-15H2,1H3,(H,25,27)/b20-13-. The van der Waals surface area contributed by atoms with Crippen LogP contribution < -0.4 is 10.1 Å². The van der Waals surface area contributed by atoms with Crippen molar-refractivity contribution in [2.24, 2.45) is 0 Å². The molecule has 2 aromatic rings. The maximum Gasteiger partial charge on any atom is 0.294 e. The summed E-state index contributed by atoms with van der Waals surface area (Å²) >= 11 is 0.776. The summed E-state index contributed by atoms with van der Waals surface area (Å²) in [4.78, 5) is 38.1. The lowest BCUT2D eigenvalue weighted by Crippen LogP contribution is -2.39. The summed E-state index contributed by atoms with van der Waals surface area (Å²) < 4.78 is 19.6. The van der Waals surface area contributed by atoms with Gasteiger partial charge in [0.25, 0.3) is 11.1 Å². The zero-order valence-corrected chi connectivity index (χ0v) is 17.9. The molecule has 162 valence electrons. The van der Waals surface area contributed by atoms with Gasteiger partial charge in [-0.1, -0.05) is 49.7 Å². The fourth-order valence-electron chi connectivity index (χ4n) is 2.88. The smallest absolute Gasteiger partial charge is 0.294 e. The molecular weight excluding hydrogens is 419 g/mol. The maximum atomic E-state index is 13.8. The van der Waals surface area contributed by atoms with Crippen LogP contribution in [0.4, 0.5) is 9.18 Å². The average molecular weight is 443 g/mol. The van der Waals surface area contributed by atoms with Gasteiger partial charge in [-0.05, 0) is 36.4 Å². The number of imide groups is 1. The Hall–Kier alpha value is -3.13. The number of amides is 3. The number of unbranched alkanes of at least 4 members (excludes halogenated alkanes) is 1. The zero-order chi connectivity index (χ0) is 22.2. The number of hydrogen-bond acceptors (Lipinski definition) is 5. The fraction of sp³-hybridized carbons (Fsp3) is 0.261. The van der Waals surface area contributed by atoms with Gasteiger partial charge in [0.1, 0.15) is 24.7 Å². The molecular formula is C23H23FN2O4S. The summed E-state index contributed by atoms with van der Waals surface area (Å²) in [6.45, 7) is 2.23. The second kappa shape index (κ2) is 10.8. The second-order valence-electron chi connectivity index (χ2n) is 6.89. The summed E-state index contributed by atoms with van der Waals surface area (Å²) in [5.41, 5.74) is 0.989. The van der Waals surface area contributed by atoms with Crippen LogP contribution in [0.3, 0.4) is 0 Å². The van der Waals surface area contributed by atoms with Gasteiger partial charge >= 0.3 is 0 Å². The van der Waals surface area contributed by atoms with Gasteiger partial charge in [0.05, 0.1) is 4.91 Å². The van der Waals surface area contributed by atoms with E-state index in [1.165, 1.54) is 6.07 Å². The molecule has 1 aliphatic heterocycles. The molecule has 0 spiro atoms. The summed E-state index contributed by atoms with van der Waals surface area (Å²) in [7, 11) is 0. The third-order valence-electron chi connectivity index (χ3n) is 4.57. The van der Waals surface area contributed by atoms with Gasteiger partial charge in [0.2, 0.25) is 5.91 Å². The van der Waals surface area contributed by atoms with Gasteiger partial charge in [-0.2, -0.15) is 0 Å². The zero-order valence-electron chi connectivity index (χ0n) is 17.1. The number of nitrogens with zero attached hydrogens (tertiary/aromatic N) is 1. The van der Waals surface area contributed by atoms with E-state index in [2.05, 4.69) is 5.32 Å². The summed E-state index contributed by atoms with van der Waals surface area (Å²) in [5, 5.41) is 2.20. The second-order valence-corrected chi connectivity index (χ2v) is 7.88. The first-order chi connectivity index (χ1) is 15.0. The highest BCUT2D eigenvalue weighted by atomic mass is 32.2. The van der Waals surface area contributed by atoms with Crippen molar-refractivity contribution in [2.45, 2.75) is 26.4 Å². The van der Waals surface area contributed by atoms with E-state index in [1.54, 1.807) is 48.5 Å². The molecule has 1 fully saturated rings. The van der Waals surface area contributed by atoms with Crippen LogP contribution in [0.25, 0.3) is 6.08 Å². The van der Waals surface area contributed by atoms with Crippen molar-refractivity contribution in [3.63, 3.8) is 0 Å². The van der Waals surface area contributed by atoms with Crippen molar-refractivity contribution in [1.82, 2.24) is 10.2 Å². The minimum Gasteiger partial charge on any atom is -0.488 e. The molecule has 0 aromatic heterocycles. The first-order valence-corrected chi connectivity index (χ1v) is 10.8. The normalized spacial score (nSPS) is 14.9. The SMILES string of the molecule is CCCCNC(=O)CN1C(=O)S/C(=C\c2ccccc2OCc2ccccc2F)C1=O. The van der Waals surface area contributed by atoms with Crippen LogP contribution in [0.15, 0.2) is 53.4 Å². The minimum atomic E-state index is -0.524. The number of halogens is 1. The highest BCUT2D eigenvalue weighted by Crippen LogP contribution is 2.34. The van der Waals surface area contributed by atoms with Crippen molar-refractivity contribution in [1.29, 1.82) is 0 Å². The molecule has 1 heterocycles. The molecule has 0 radical (unpaired) electrons. The Bertz CT molecular complexity index is 1010. The number of carbonyl (C=O) groups is 3. The van der Waals surface area contributed by atoms with Gasteiger partial charge in [0, 0.05) is 17.7 Å². The van der Waals surface area contributed by atoms with E-state index < -0.39 is 11.1 Å². The Kier molecular flexibility index (Phi) is 7.83. The molecule has 2 aromatic carbocycles. The fourth-order valence-corrected chi connectivity index (χ4v) is 3.71. The number of para-hydroxylation sites is 1. The van der Waals surface area contributed by atoms with Crippen LogP contribution in [0.1, 0.15) is 30.9 Å². The molecule has 0 saturated carbocycles. The predicted molar refractivity (Wildman–Crippen MR) is 118 cm³/mol. The third kappa shape index (κ3) is 5.95. The van der Waals surface area contributed by atoms with Gasteiger partial charge in [-0.15, -0.1) is 0 Å². The van der Waals surface area contributed by atoms with Gasteiger partial charge in [-0.25, -0.2) is 4.39 Å². The van der Waals surface area contributed by atoms with Crippen LogP contribution in [0.2, 0.25) is 0 Å². The molecule has 3 amide bonds. The molecule has 0 unspecified atom stereocenters. The van der Waals surface area contributed by atoms with Gasteiger partial charge in [-0.3, -0.25) is 19.3 Å². The molecule has 1 N–H and O–H groups in total. The Morgan fingerprint density at radius 2 is 1.90 bits per heavy atom. The van der Waals surface area contributed by atoms with Crippen LogP contribution in [0, 0.1) is 5.82 Å². The lowest BCUT2D eigenvalue weighted by molar-refractivity contribution is -0.129. The Morgan fingerprint density at radius 3 is 2.68 bits per heavy atom. The largest absolute Gasteiger partial charge is 0.488 e. The Morgan fingerprint density at radius 1 is 1.16 bits per heavy atom. The minimum absolute atomic E-state index is 0.0247. The van der Waals surface area contributed by atoms with E-state index in [0.717, 1.165) is 29.5 Å². The van der Waals surface area contributed by atoms with E-state index in [0.29, 0.717) is 23.4 Å². The highest BCUT2D eigenvalue weighted by Gasteiger charge is 2.36. The molecule has 1 saturated heterocycles. The van der Waals surface area contributed by atoms with Gasteiger partial charge < -0.3 is 10.1 Å². The molecule has 3 rings (SSSR count). The van der Waals surface area contributed by atoms with E-state index in [9.17, 15) is 18.8 Å². The number of ether oxygens (including phenoxy) is 1. The monoisotopic (exact) mass is 442 g/mol. The number of benzene rings is 2. The van der Waals surface area contributed by atoms with E-state index in [4.69, 9.17) is 4.74 Å². The third-order valence-corrected chi connectivity index (χ3v) is 5.48. The Labute approximate surface area is 184 Å². The molecule has 6 nitrogen and oxygen atoms in total. The molecule has 0 aliphatic carbocycles. The number of hydrogen-bond donors (Lipinski definition) is 1. The van der Waals surface area contributed by atoms with Crippen LogP contribution in [0.5, 0.6) is 5.75 Å². The predicted octanol–water partition coefficient (Wildman–Crippen LogP) is 4.36. The highest BCUT2D eigenvalue weighted by molar-refractivity contribution is 8.18. The number of nitrogens with one attached hydrogen (secondary N) is 1. The summed E-state index contributed by atoms with van der Waals surface area (Å²) in [6, 6.07) is 13.3. The van der Waals surface area contributed by atoms with Gasteiger partial charge in [0.15, 0.2) is 0 Å². The molecule has 31 heavy (non-hydrogen) atoms. The number of thioether (sulfide) groups is 1. The topological polar surface area (TPSA) is 75.7 Å². The Balaban J connectivity index is 1.70. The molecule has 0 bridgehead atoms. The maximum absolute atomic E-state index is 13.8. The van der Waals surface area contributed by atoms with Crippen LogP contribution in [-0.4, -0.2) is 35.0 Å². The summed E-state index contributed by atoms with van der Waals surface area (Å²) in [5.74, 6) is -0.802. The van der Waals surface area contributed by atoms with E-state index in [1.807, 2.05) is 6.92 Å². The molecule has 0 atom stereocenters. The van der Waals surface area contributed by atoms with Crippen molar-refractivity contribution < 1.29 is 23.5 Å². The van der Waals surface area contributed by atoms with Crippen LogP contribution >= 0.6 is 11.8 Å². The van der Waals surface area contributed by atoms with Crippen molar-refractivity contribution in [2.75, 3.05) is 13.1 Å². The lowest BCUT2D eigenvalue weighted by Gasteiger charge is -2.12. The summed E-state index contributed by atoms with van der Waals surface area (Å²) in [6.07, 6.45) is 3.32. The first-order valence-electron chi connectivity index (χ1n) is 9.97. The average Bonchev–Trinajstić information content (AvgIpc) is 3.01. The van der Waals surface area contributed by atoms with Crippen molar-refractivity contribution in [3.05, 3.63) is 70.4 Å². The van der Waals surface area contributed by atoms with E-state index in [-0.39, 0.29) is 29.8 Å². The van der Waals surface area contributed by atoms with E-state index >= 15 is 0 Å². The van der Waals surface area contributed by atoms with Crippen LogP contribution in [-0.2, 0) is 16.2 Å². The van der Waals surface area contributed by atoms with Crippen molar-refractivity contribution in [3.8, 4) is 5.75 Å². The molecule has 1 aliphatic rings.